The molecule has 0 aliphatic heterocycles. The predicted molar refractivity (Wildman–Crippen MR) is 70.5 cm³/mol. The molecule has 0 radical (unpaired) electrons. The zero-order valence-electron chi connectivity index (χ0n) is 10.3. The third-order valence-corrected chi connectivity index (χ3v) is 3.96. The Kier molecular flexibility index (Phi) is 2.96. The van der Waals surface area contributed by atoms with Gasteiger partial charge in [-0.05, 0) is 30.0 Å². The van der Waals surface area contributed by atoms with Crippen molar-refractivity contribution in [3.05, 3.63) is 34.2 Å². The highest BCUT2D eigenvalue weighted by atomic mass is 16.3. The molecular weight excluding hydrogens is 228 g/mol. The third kappa shape index (κ3) is 2.20. The van der Waals surface area contributed by atoms with E-state index in [-0.39, 0.29) is 5.69 Å². The predicted octanol–water partition coefficient (Wildman–Crippen LogP) is 2.47. The smallest absolute Gasteiger partial charge is 0.323 e. The van der Waals surface area contributed by atoms with Crippen LogP contribution in [0.5, 0.6) is 0 Å². The van der Waals surface area contributed by atoms with Gasteiger partial charge in [-0.1, -0.05) is 31.7 Å². The lowest BCUT2D eigenvalue weighted by molar-refractivity contribution is 0.145. The summed E-state index contributed by atoms with van der Waals surface area (Å²) in [4.78, 5) is 16.6. The number of fused-ring (bicyclic) bond motifs is 1. The number of aliphatic hydroxyl groups is 1. The summed E-state index contributed by atoms with van der Waals surface area (Å²) in [7, 11) is 0. The SMILES string of the molecule is O=c1[nH]c2ccc(C(O)CC3CCCC3)cc2[nH]1. The fourth-order valence-corrected chi connectivity index (χ4v) is 2.96. The van der Waals surface area contributed by atoms with E-state index in [0.29, 0.717) is 5.92 Å². The first-order valence-electron chi connectivity index (χ1n) is 6.62. The standard InChI is InChI=1S/C14H18N2O2/c17-13(7-9-3-1-2-4-9)10-5-6-11-12(8-10)16-14(18)15-11/h5-6,8-9,13,17H,1-4,7H2,(H2,15,16,18). The van der Waals surface area contributed by atoms with Gasteiger partial charge in [-0.25, -0.2) is 4.79 Å². The van der Waals surface area contributed by atoms with Gasteiger partial charge >= 0.3 is 5.69 Å². The molecule has 1 aromatic carbocycles. The van der Waals surface area contributed by atoms with Gasteiger partial charge in [0.15, 0.2) is 0 Å². The molecule has 18 heavy (non-hydrogen) atoms. The minimum atomic E-state index is -0.420. The van der Waals surface area contributed by atoms with Crippen LogP contribution in [0, 0.1) is 5.92 Å². The first kappa shape index (κ1) is 11.5. The first-order chi connectivity index (χ1) is 8.72. The van der Waals surface area contributed by atoms with Crippen LogP contribution in [0.4, 0.5) is 0 Å². The van der Waals surface area contributed by atoms with Crippen LogP contribution in [-0.4, -0.2) is 15.1 Å². The fraction of sp³-hybridized carbons (Fsp3) is 0.500. The van der Waals surface area contributed by atoms with E-state index < -0.39 is 6.10 Å². The summed E-state index contributed by atoms with van der Waals surface area (Å²) < 4.78 is 0. The van der Waals surface area contributed by atoms with Crippen molar-refractivity contribution < 1.29 is 5.11 Å². The molecular formula is C14H18N2O2. The average molecular weight is 246 g/mol. The maximum absolute atomic E-state index is 11.2. The summed E-state index contributed by atoms with van der Waals surface area (Å²) in [6, 6.07) is 5.61. The van der Waals surface area contributed by atoms with Crippen molar-refractivity contribution in [2.24, 2.45) is 5.92 Å². The van der Waals surface area contributed by atoms with Crippen molar-refractivity contribution in [3.8, 4) is 0 Å². The van der Waals surface area contributed by atoms with Gasteiger partial charge < -0.3 is 15.1 Å². The van der Waals surface area contributed by atoms with Crippen molar-refractivity contribution in [1.29, 1.82) is 0 Å². The van der Waals surface area contributed by atoms with E-state index in [9.17, 15) is 9.90 Å². The number of aromatic nitrogens is 2. The molecule has 0 amide bonds. The molecule has 0 saturated heterocycles. The Balaban J connectivity index is 1.81. The molecule has 96 valence electrons. The molecule has 2 aromatic rings. The van der Waals surface area contributed by atoms with Crippen molar-refractivity contribution in [3.63, 3.8) is 0 Å². The molecule has 3 rings (SSSR count). The minimum absolute atomic E-state index is 0.201. The molecule has 4 nitrogen and oxygen atoms in total. The maximum atomic E-state index is 11.2. The Bertz CT molecular complexity index is 593. The highest BCUT2D eigenvalue weighted by Gasteiger charge is 2.20. The highest BCUT2D eigenvalue weighted by molar-refractivity contribution is 5.75. The van der Waals surface area contributed by atoms with Crippen LogP contribution < -0.4 is 5.69 Å². The number of aliphatic hydroxyl groups excluding tert-OH is 1. The highest BCUT2D eigenvalue weighted by Crippen LogP contribution is 2.33. The van der Waals surface area contributed by atoms with Gasteiger partial charge in [0.2, 0.25) is 0 Å². The topological polar surface area (TPSA) is 68.9 Å². The summed E-state index contributed by atoms with van der Waals surface area (Å²) in [6.07, 6.45) is 5.47. The molecule has 3 N–H and O–H groups in total. The molecule has 1 saturated carbocycles. The van der Waals surface area contributed by atoms with Gasteiger partial charge in [-0.3, -0.25) is 0 Å². The van der Waals surface area contributed by atoms with Crippen LogP contribution in [0.3, 0.4) is 0 Å². The van der Waals surface area contributed by atoms with Gasteiger partial charge in [0.05, 0.1) is 17.1 Å². The van der Waals surface area contributed by atoms with Crippen LogP contribution in [0.25, 0.3) is 11.0 Å². The van der Waals surface area contributed by atoms with E-state index >= 15 is 0 Å². The second-order valence-electron chi connectivity index (χ2n) is 5.29. The van der Waals surface area contributed by atoms with Gasteiger partial charge in [-0.15, -0.1) is 0 Å². The fourth-order valence-electron chi connectivity index (χ4n) is 2.96. The number of rotatable bonds is 3. The third-order valence-electron chi connectivity index (χ3n) is 3.96. The molecule has 1 aliphatic carbocycles. The summed E-state index contributed by atoms with van der Waals surface area (Å²) in [6.45, 7) is 0. The largest absolute Gasteiger partial charge is 0.388 e. The van der Waals surface area contributed by atoms with Crippen LogP contribution in [0.15, 0.2) is 23.0 Å². The molecule has 1 heterocycles. The van der Waals surface area contributed by atoms with Gasteiger partial charge in [0.1, 0.15) is 0 Å². The number of imidazole rings is 1. The quantitative estimate of drug-likeness (QED) is 0.778. The second-order valence-corrected chi connectivity index (χ2v) is 5.29. The number of hydrogen-bond acceptors (Lipinski definition) is 2. The van der Waals surface area contributed by atoms with Crippen LogP contribution in [0.1, 0.15) is 43.8 Å². The molecule has 0 bridgehead atoms. The van der Waals surface area contributed by atoms with E-state index in [0.717, 1.165) is 23.0 Å². The molecule has 1 fully saturated rings. The van der Waals surface area contributed by atoms with Crippen LogP contribution in [0.2, 0.25) is 0 Å². The molecule has 4 heteroatoms. The first-order valence-corrected chi connectivity index (χ1v) is 6.62. The van der Waals surface area contributed by atoms with E-state index in [1.165, 1.54) is 25.7 Å². The lowest BCUT2D eigenvalue weighted by Gasteiger charge is -2.15. The van der Waals surface area contributed by atoms with Crippen molar-refractivity contribution in [2.45, 2.75) is 38.2 Å². The molecule has 1 unspecified atom stereocenters. The number of nitrogens with one attached hydrogen (secondary N) is 2. The molecule has 1 aromatic heterocycles. The van der Waals surface area contributed by atoms with Crippen molar-refractivity contribution in [2.75, 3.05) is 0 Å². The van der Waals surface area contributed by atoms with Crippen LogP contribution >= 0.6 is 0 Å². The zero-order chi connectivity index (χ0) is 12.5. The second kappa shape index (κ2) is 4.61. The Labute approximate surface area is 105 Å². The van der Waals surface area contributed by atoms with E-state index in [1.807, 2.05) is 18.2 Å². The Morgan fingerprint density at radius 3 is 2.72 bits per heavy atom. The monoisotopic (exact) mass is 246 g/mol. The number of aromatic amines is 2. The molecule has 1 aliphatic rings. The Hall–Kier alpha value is -1.55. The normalized spacial score (nSPS) is 18.5. The van der Waals surface area contributed by atoms with Gasteiger partial charge in [0.25, 0.3) is 0 Å². The minimum Gasteiger partial charge on any atom is -0.388 e. The summed E-state index contributed by atoms with van der Waals surface area (Å²) in [5, 5.41) is 10.2. The number of H-pyrrole nitrogens is 2. The number of benzene rings is 1. The lowest BCUT2D eigenvalue weighted by atomic mass is 9.95. The Morgan fingerprint density at radius 2 is 1.94 bits per heavy atom. The van der Waals surface area contributed by atoms with Crippen LogP contribution in [-0.2, 0) is 0 Å². The molecule has 1 atom stereocenters. The lowest BCUT2D eigenvalue weighted by Crippen LogP contribution is -2.04. The molecule has 0 spiro atoms. The van der Waals surface area contributed by atoms with Crippen molar-refractivity contribution >= 4 is 11.0 Å². The van der Waals surface area contributed by atoms with Gasteiger partial charge in [0, 0.05) is 0 Å². The summed E-state index contributed by atoms with van der Waals surface area (Å²) in [5.41, 5.74) is 2.25. The van der Waals surface area contributed by atoms with E-state index in [4.69, 9.17) is 0 Å². The Morgan fingerprint density at radius 1 is 1.22 bits per heavy atom. The summed E-state index contributed by atoms with van der Waals surface area (Å²) in [5.74, 6) is 0.654. The average Bonchev–Trinajstić information content (AvgIpc) is 2.95. The van der Waals surface area contributed by atoms with Gasteiger partial charge in [-0.2, -0.15) is 0 Å². The zero-order valence-corrected chi connectivity index (χ0v) is 10.3. The van der Waals surface area contributed by atoms with E-state index in [2.05, 4.69) is 9.97 Å². The maximum Gasteiger partial charge on any atom is 0.323 e. The van der Waals surface area contributed by atoms with Crippen molar-refractivity contribution in [1.82, 2.24) is 9.97 Å². The number of hydrogen-bond donors (Lipinski definition) is 3. The van der Waals surface area contributed by atoms with E-state index in [1.54, 1.807) is 0 Å². The summed E-state index contributed by atoms with van der Waals surface area (Å²) >= 11 is 0.